The number of amides is 1. The number of nitro benzene ring substituents is 2. The van der Waals surface area contributed by atoms with Crippen molar-refractivity contribution in [3.8, 4) is 0 Å². The fraction of sp³-hybridized carbons (Fsp3) is 0.286. The first-order valence-electron chi connectivity index (χ1n) is 9.68. The number of nitrogens with one attached hydrogen (secondary N) is 1. The molecule has 12 heteroatoms. The number of non-ortho nitro benzene ring substituents is 2. The zero-order valence-corrected chi connectivity index (χ0v) is 19.2. The molecule has 0 aromatic heterocycles. The van der Waals surface area contributed by atoms with Crippen molar-refractivity contribution in [3.63, 3.8) is 0 Å². The zero-order chi connectivity index (χ0) is 24.7. The lowest BCUT2D eigenvalue weighted by atomic mass is 10.0. The van der Waals surface area contributed by atoms with Gasteiger partial charge in [-0.05, 0) is 24.5 Å². The number of hydrogen-bond acceptors (Lipinski definition) is 8. The molecule has 0 fully saturated rings. The normalized spacial score (nSPS) is 11.5. The van der Waals surface area contributed by atoms with Crippen LogP contribution in [0.2, 0.25) is 0 Å². The van der Waals surface area contributed by atoms with Crippen molar-refractivity contribution in [2.45, 2.75) is 26.3 Å². The molecule has 0 aliphatic rings. The van der Waals surface area contributed by atoms with Gasteiger partial charge in [0.25, 0.3) is 17.3 Å². The van der Waals surface area contributed by atoms with E-state index in [2.05, 4.69) is 21.2 Å². The van der Waals surface area contributed by atoms with Gasteiger partial charge in [-0.25, -0.2) is 4.79 Å². The second kappa shape index (κ2) is 11.3. The summed E-state index contributed by atoms with van der Waals surface area (Å²) in [5.74, 6) is -2.31. The van der Waals surface area contributed by atoms with Crippen molar-refractivity contribution in [1.82, 2.24) is 5.32 Å². The number of ether oxygens (including phenoxy) is 1. The van der Waals surface area contributed by atoms with Gasteiger partial charge in [0.2, 0.25) is 0 Å². The molecule has 0 heterocycles. The number of Topliss-reactive ketones (excluding diaryl/α,β-unsaturated/α-hetero) is 1. The number of nitro groups is 2. The Bertz CT molecular complexity index is 1050. The van der Waals surface area contributed by atoms with E-state index in [0.29, 0.717) is 5.56 Å². The Balaban J connectivity index is 2.16. The lowest BCUT2D eigenvalue weighted by Crippen LogP contribution is -2.43. The second-order valence-electron chi connectivity index (χ2n) is 7.45. The number of carbonyl (C=O) groups is 3. The highest BCUT2D eigenvalue weighted by atomic mass is 79.9. The van der Waals surface area contributed by atoms with Crippen LogP contribution in [-0.2, 0) is 9.53 Å². The minimum atomic E-state index is -1.17. The van der Waals surface area contributed by atoms with E-state index >= 15 is 0 Å². The fourth-order valence-electron chi connectivity index (χ4n) is 2.82. The van der Waals surface area contributed by atoms with Crippen molar-refractivity contribution < 1.29 is 29.0 Å². The summed E-state index contributed by atoms with van der Waals surface area (Å²) < 4.78 is 5.86. The van der Waals surface area contributed by atoms with Crippen molar-refractivity contribution in [2.24, 2.45) is 5.92 Å². The van der Waals surface area contributed by atoms with Gasteiger partial charge in [0.15, 0.2) is 12.4 Å². The molecule has 1 N–H and O–H groups in total. The highest BCUT2D eigenvalue weighted by molar-refractivity contribution is 9.10. The molecule has 1 amide bonds. The van der Waals surface area contributed by atoms with Gasteiger partial charge < -0.3 is 10.1 Å². The van der Waals surface area contributed by atoms with Gasteiger partial charge in [-0.2, -0.15) is 0 Å². The SMILES string of the molecule is CC(C)C[C@H](NC(=O)c1cc([N+](=O)[O-])cc([N+](=O)[O-])c1)C(=O)OCC(=O)c1ccc(Br)cc1. The zero-order valence-electron chi connectivity index (χ0n) is 17.6. The minimum Gasteiger partial charge on any atom is -0.456 e. The Morgan fingerprint density at radius 2 is 1.52 bits per heavy atom. The number of halogens is 1. The molecule has 33 heavy (non-hydrogen) atoms. The summed E-state index contributed by atoms with van der Waals surface area (Å²) in [7, 11) is 0. The molecule has 0 aliphatic heterocycles. The first kappa shape index (κ1) is 25.6. The number of hydrogen-bond donors (Lipinski definition) is 1. The molecule has 11 nitrogen and oxygen atoms in total. The standard InChI is InChI=1S/C21H20BrN3O8/c1-12(2)7-18(21(28)33-11-19(26)13-3-5-15(22)6-4-13)23-20(27)14-8-16(24(29)30)10-17(9-14)25(31)32/h3-6,8-10,12,18H,7,11H2,1-2H3,(H,23,27)/t18-/m0/s1. The Labute approximate surface area is 196 Å². The van der Waals surface area contributed by atoms with E-state index in [1.165, 1.54) is 0 Å². The largest absolute Gasteiger partial charge is 0.456 e. The molecule has 0 saturated carbocycles. The van der Waals surface area contributed by atoms with E-state index in [4.69, 9.17) is 4.74 Å². The average Bonchev–Trinajstić information content (AvgIpc) is 2.76. The molecule has 0 bridgehead atoms. The lowest BCUT2D eigenvalue weighted by Gasteiger charge is -2.19. The van der Waals surface area contributed by atoms with E-state index in [-0.39, 0.29) is 17.9 Å². The van der Waals surface area contributed by atoms with Gasteiger partial charge in [-0.1, -0.05) is 41.9 Å². The van der Waals surface area contributed by atoms with Gasteiger partial charge in [0.05, 0.1) is 21.5 Å². The predicted molar refractivity (Wildman–Crippen MR) is 120 cm³/mol. The Morgan fingerprint density at radius 1 is 0.970 bits per heavy atom. The van der Waals surface area contributed by atoms with Gasteiger partial charge in [0.1, 0.15) is 6.04 Å². The molecule has 1 atom stereocenters. The van der Waals surface area contributed by atoms with Crippen molar-refractivity contribution in [1.29, 1.82) is 0 Å². The fourth-order valence-corrected chi connectivity index (χ4v) is 3.08. The predicted octanol–water partition coefficient (Wildman–Crippen LogP) is 3.84. The monoisotopic (exact) mass is 521 g/mol. The highest BCUT2D eigenvalue weighted by Gasteiger charge is 2.27. The molecule has 0 radical (unpaired) electrons. The first-order chi connectivity index (χ1) is 15.5. The second-order valence-corrected chi connectivity index (χ2v) is 8.36. The molecule has 2 rings (SSSR count). The quantitative estimate of drug-likeness (QED) is 0.213. The minimum absolute atomic E-state index is 0.0653. The maximum atomic E-state index is 12.6. The number of nitrogens with zero attached hydrogens (tertiary/aromatic N) is 2. The summed E-state index contributed by atoms with van der Waals surface area (Å²) in [6.07, 6.45) is 0.147. The van der Waals surface area contributed by atoms with Gasteiger partial charge in [-0.3, -0.25) is 29.8 Å². The molecule has 0 unspecified atom stereocenters. The van der Waals surface area contributed by atoms with Crippen LogP contribution in [0.1, 0.15) is 41.0 Å². The molecule has 0 saturated heterocycles. The number of rotatable bonds is 10. The van der Waals surface area contributed by atoms with Crippen LogP contribution in [0.15, 0.2) is 46.9 Å². The number of benzene rings is 2. The third-order valence-electron chi connectivity index (χ3n) is 4.40. The third-order valence-corrected chi connectivity index (χ3v) is 4.92. The lowest BCUT2D eigenvalue weighted by molar-refractivity contribution is -0.394. The van der Waals surface area contributed by atoms with Crippen molar-refractivity contribution >= 4 is 45.0 Å². The summed E-state index contributed by atoms with van der Waals surface area (Å²) in [4.78, 5) is 57.8. The summed E-state index contributed by atoms with van der Waals surface area (Å²) in [6.45, 7) is 3.03. The van der Waals surface area contributed by atoms with Crippen molar-refractivity contribution in [2.75, 3.05) is 6.61 Å². The van der Waals surface area contributed by atoms with Crippen LogP contribution in [-0.4, -0.2) is 40.2 Å². The van der Waals surface area contributed by atoms with Crippen LogP contribution in [0.4, 0.5) is 11.4 Å². The van der Waals surface area contributed by atoms with Crippen LogP contribution in [0.3, 0.4) is 0 Å². The highest BCUT2D eigenvalue weighted by Crippen LogP contribution is 2.23. The Kier molecular flexibility index (Phi) is 8.74. The van der Waals surface area contributed by atoms with Crippen LogP contribution in [0.5, 0.6) is 0 Å². The number of esters is 1. The Hall–Kier alpha value is -3.67. The van der Waals surface area contributed by atoms with Gasteiger partial charge in [-0.15, -0.1) is 0 Å². The van der Waals surface area contributed by atoms with Gasteiger partial charge in [0, 0.05) is 22.2 Å². The third kappa shape index (κ3) is 7.45. The molecule has 0 aliphatic carbocycles. The van der Waals surface area contributed by atoms with E-state index in [0.717, 1.165) is 22.7 Å². The molecular weight excluding hydrogens is 502 g/mol. The molecular formula is C21H20BrN3O8. The summed E-state index contributed by atoms with van der Waals surface area (Å²) in [5.41, 5.74) is -1.31. The van der Waals surface area contributed by atoms with E-state index in [1.54, 1.807) is 38.1 Å². The number of carbonyl (C=O) groups excluding carboxylic acids is 3. The van der Waals surface area contributed by atoms with E-state index in [9.17, 15) is 34.6 Å². The van der Waals surface area contributed by atoms with Crippen LogP contribution < -0.4 is 5.32 Å². The van der Waals surface area contributed by atoms with Crippen LogP contribution in [0, 0.1) is 26.1 Å². The maximum absolute atomic E-state index is 12.6. The van der Waals surface area contributed by atoms with Crippen molar-refractivity contribution in [3.05, 3.63) is 78.3 Å². The smallest absolute Gasteiger partial charge is 0.329 e. The Morgan fingerprint density at radius 3 is 2.00 bits per heavy atom. The molecule has 174 valence electrons. The topological polar surface area (TPSA) is 159 Å². The molecule has 2 aromatic rings. The summed E-state index contributed by atoms with van der Waals surface area (Å²) >= 11 is 3.25. The molecule has 2 aromatic carbocycles. The maximum Gasteiger partial charge on any atom is 0.329 e. The molecule has 0 spiro atoms. The van der Waals surface area contributed by atoms with E-state index < -0.39 is 51.5 Å². The van der Waals surface area contributed by atoms with E-state index in [1.807, 2.05) is 0 Å². The first-order valence-corrected chi connectivity index (χ1v) is 10.5. The number of ketones is 1. The van der Waals surface area contributed by atoms with Crippen LogP contribution in [0.25, 0.3) is 0 Å². The van der Waals surface area contributed by atoms with Gasteiger partial charge >= 0.3 is 5.97 Å². The summed E-state index contributed by atoms with van der Waals surface area (Å²) in [5, 5.41) is 24.5. The average molecular weight is 522 g/mol. The summed E-state index contributed by atoms with van der Waals surface area (Å²) in [6, 6.07) is 7.74. The van der Waals surface area contributed by atoms with Crippen LogP contribution >= 0.6 is 15.9 Å².